The fourth-order valence-corrected chi connectivity index (χ4v) is 1.35. The highest BCUT2D eigenvalue weighted by Crippen LogP contribution is 2.06. The van der Waals surface area contributed by atoms with Crippen molar-refractivity contribution >= 4 is 12.2 Å². The first-order valence-corrected chi connectivity index (χ1v) is 5.94. The van der Waals surface area contributed by atoms with Gasteiger partial charge in [0, 0.05) is 7.05 Å². The lowest BCUT2D eigenvalue weighted by molar-refractivity contribution is 0.769. The van der Waals surface area contributed by atoms with Gasteiger partial charge in [0.2, 0.25) is 0 Å². The highest BCUT2D eigenvalue weighted by atomic mass is 16.1. The predicted molar refractivity (Wildman–Crippen MR) is 75.0 cm³/mol. The molecule has 0 N–H and O–H groups in total. The number of allylic oxidation sites excluding steroid dienone is 2. The van der Waals surface area contributed by atoms with Crippen LogP contribution in [0.2, 0.25) is 0 Å². The molecule has 1 rings (SSSR count). The minimum Gasteiger partial charge on any atom is -0.299 e. The van der Waals surface area contributed by atoms with Crippen LogP contribution in [0.3, 0.4) is 0 Å². The first-order valence-electron chi connectivity index (χ1n) is 5.94. The number of hydrogen-bond acceptors (Lipinski definition) is 2. The van der Waals surface area contributed by atoms with E-state index < -0.39 is 0 Å². The Bertz CT molecular complexity index is 468. The summed E-state index contributed by atoms with van der Waals surface area (Å²) in [6, 6.07) is 0. The molecule has 0 aliphatic rings. The Morgan fingerprint density at radius 1 is 1.12 bits per heavy atom. The molecule has 0 bridgehead atoms. The molecule has 0 aliphatic heterocycles. The second kappa shape index (κ2) is 7.60. The molecule has 0 atom stereocenters. The molecule has 0 unspecified atom stereocenters. The van der Waals surface area contributed by atoms with Gasteiger partial charge in [-0.05, 0) is 26.8 Å². The molecule has 0 aromatic carbocycles. The van der Waals surface area contributed by atoms with Crippen LogP contribution in [0.15, 0.2) is 16.9 Å². The number of rotatable bonds is 2. The minimum absolute atomic E-state index is 0.00583. The molecule has 0 spiro atoms. The van der Waals surface area contributed by atoms with Crippen LogP contribution in [0.1, 0.15) is 44.8 Å². The van der Waals surface area contributed by atoms with Crippen molar-refractivity contribution in [2.45, 2.75) is 34.6 Å². The van der Waals surface area contributed by atoms with Crippen LogP contribution in [0.5, 0.6) is 0 Å². The number of aromatic nitrogens is 2. The zero-order valence-electron chi connectivity index (χ0n) is 11.6. The van der Waals surface area contributed by atoms with Gasteiger partial charge < -0.3 is 0 Å². The maximum absolute atomic E-state index is 11.9. The molecule has 1 aromatic rings. The predicted octanol–water partition coefficient (Wildman–Crippen LogP) is 3.18. The third kappa shape index (κ3) is 3.70. The molecule has 0 saturated carbocycles. The van der Waals surface area contributed by atoms with E-state index in [-0.39, 0.29) is 5.56 Å². The second-order valence-electron chi connectivity index (χ2n) is 3.32. The van der Waals surface area contributed by atoms with Gasteiger partial charge >= 0.3 is 0 Å². The van der Waals surface area contributed by atoms with Crippen molar-refractivity contribution in [2.24, 2.45) is 7.05 Å². The Hall–Kier alpha value is -1.64. The summed E-state index contributed by atoms with van der Waals surface area (Å²) in [5, 5.41) is 0. The molecule has 3 heteroatoms. The van der Waals surface area contributed by atoms with Crippen LogP contribution in [0.25, 0.3) is 12.2 Å². The van der Waals surface area contributed by atoms with Crippen molar-refractivity contribution < 1.29 is 0 Å². The molecule has 17 heavy (non-hydrogen) atoms. The van der Waals surface area contributed by atoms with Crippen LogP contribution in [-0.2, 0) is 7.05 Å². The van der Waals surface area contributed by atoms with Gasteiger partial charge in [-0.3, -0.25) is 9.36 Å². The SMILES string of the molecule is C/C=C\c1nc(C)n(C)c(=O)c1/C=C\C.CC. The summed E-state index contributed by atoms with van der Waals surface area (Å²) >= 11 is 0. The number of nitrogens with zero attached hydrogens (tertiary/aromatic N) is 2. The molecular weight excluding hydrogens is 212 g/mol. The maximum atomic E-state index is 11.9. The molecule has 0 aliphatic carbocycles. The fourth-order valence-electron chi connectivity index (χ4n) is 1.35. The monoisotopic (exact) mass is 234 g/mol. The zero-order chi connectivity index (χ0) is 13.4. The zero-order valence-corrected chi connectivity index (χ0v) is 11.6. The Morgan fingerprint density at radius 3 is 2.12 bits per heavy atom. The van der Waals surface area contributed by atoms with Gasteiger partial charge in [0.1, 0.15) is 5.82 Å². The Balaban J connectivity index is 0.00000121. The lowest BCUT2D eigenvalue weighted by atomic mass is 10.2. The highest BCUT2D eigenvalue weighted by Gasteiger charge is 2.07. The van der Waals surface area contributed by atoms with E-state index in [9.17, 15) is 4.79 Å². The Morgan fingerprint density at radius 2 is 1.65 bits per heavy atom. The van der Waals surface area contributed by atoms with Crippen molar-refractivity contribution in [1.29, 1.82) is 0 Å². The van der Waals surface area contributed by atoms with Gasteiger partial charge in [-0.15, -0.1) is 0 Å². The molecule has 0 fully saturated rings. The molecule has 0 radical (unpaired) electrons. The second-order valence-corrected chi connectivity index (χ2v) is 3.32. The molecule has 3 nitrogen and oxygen atoms in total. The fraction of sp³-hybridized carbons (Fsp3) is 0.429. The van der Waals surface area contributed by atoms with E-state index in [1.54, 1.807) is 17.7 Å². The number of aryl methyl sites for hydroxylation is 1. The van der Waals surface area contributed by atoms with E-state index in [1.165, 1.54) is 0 Å². The Kier molecular flexibility index (Phi) is 6.87. The maximum Gasteiger partial charge on any atom is 0.261 e. The van der Waals surface area contributed by atoms with E-state index in [2.05, 4.69) is 4.98 Å². The summed E-state index contributed by atoms with van der Waals surface area (Å²) < 4.78 is 1.56. The van der Waals surface area contributed by atoms with Crippen LogP contribution < -0.4 is 5.56 Å². The molecule has 1 aromatic heterocycles. The average molecular weight is 234 g/mol. The van der Waals surface area contributed by atoms with E-state index >= 15 is 0 Å². The lowest BCUT2D eigenvalue weighted by Gasteiger charge is -2.06. The summed E-state index contributed by atoms with van der Waals surface area (Å²) in [6.45, 7) is 9.63. The molecule has 0 saturated heterocycles. The topological polar surface area (TPSA) is 34.9 Å². The number of hydrogen-bond donors (Lipinski definition) is 0. The van der Waals surface area contributed by atoms with Gasteiger partial charge in [0.25, 0.3) is 5.56 Å². The standard InChI is InChI=1S/C12H16N2O.C2H6/c1-5-7-10-11(8-6-2)13-9(3)14(4)12(10)15;1-2/h5-8H,1-4H3;1-2H3/b7-5-,8-6-;. The molecule has 94 valence electrons. The summed E-state index contributed by atoms with van der Waals surface area (Å²) in [6.07, 6.45) is 7.38. The van der Waals surface area contributed by atoms with E-state index in [0.717, 1.165) is 11.5 Å². The first kappa shape index (κ1) is 15.4. The van der Waals surface area contributed by atoms with E-state index in [4.69, 9.17) is 0 Å². The van der Waals surface area contributed by atoms with Crippen LogP contribution >= 0.6 is 0 Å². The van der Waals surface area contributed by atoms with Crippen molar-refractivity contribution in [2.75, 3.05) is 0 Å². The Labute approximate surface area is 104 Å². The van der Waals surface area contributed by atoms with Crippen molar-refractivity contribution in [3.05, 3.63) is 39.6 Å². The van der Waals surface area contributed by atoms with Gasteiger partial charge in [-0.1, -0.05) is 32.1 Å². The summed E-state index contributed by atoms with van der Waals surface area (Å²) in [4.78, 5) is 16.3. The van der Waals surface area contributed by atoms with Crippen LogP contribution in [0.4, 0.5) is 0 Å². The largest absolute Gasteiger partial charge is 0.299 e. The highest BCUT2D eigenvalue weighted by molar-refractivity contribution is 5.61. The van der Waals surface area contributed by atoms with Crippen molar-refractivity contribution in [3.8, 4) is 0 Å². The first-order chi connectivity index (χ1) is 8.11. The van der Waals surface area contributed by atoms with E-state index in [1.807, 2.05) is 52.8 Å². The van der Waals surface area contributed by atoms with Crippen molar-refractivity contribution in [3.63, 3.8) is 0 Å². The van der Waals surface area contributed by atoms with Crippen molar-refractivity contribution in [1.82, 2.24) is 9.55 Å². The van der Waals surface area contributed by atoms with Gasteiger partial charge in [0.15, 0.2) is 0 Å². The van der Waals surface area contributed by atoms with Crippen LogP contribution in [0, 0.1) is 6.92 Å². The summed E-state index contributed by atoms with van der Waals surface area (Å²) in [7, 11) is 1.73. The molecule has 1 heterocycles. The van der Waals surface area contributed by atoms with E-state index in [0.29, 0.717) is 5.56 Å². The molecule has 0 amide bonds. The summed E-state index contributed by atoms with van der Waals surface area (Å²) in [5.41, 5.74) is 1.37. The lowest BCUT2D eigenvalue weighted by Crippen LogP contribution is -2.24. The van der Waals surface area contributed by atoms with Gasteiger partial charge in [-0.25, -0.2) is 4.98 Å². The summed E-state index contributed by atoms with van der Waals surface area (Å²) in [5.74, 6) is 0.723. The average Bonchev–Trinajstić information content (AvgIpc) is 2.34. The smallest absolute Gasteiger partial charge is 0.261 e. The third-order valence-electron chi connectivity index (χ3n) is 2.24. The van der Waals surface area contributed by atoms with Gasteiger partial charge in [0.05, 0.1) is 11.3 Å². The minimum atomic E-state index is -0.00583. The normalized spacial score (nSPS) is 10.7. The van der Waals surface area contributed by atoms with Gasteiger partial charge in [-0.2, -0.15) is 0 Å². The van der Waals surface area contributed by atoms with Crippen LogP contribution in [-0.4, -0.2) is 9.55 Å². The third-order valence-corrected chi connectivity index (χ3v) is 2.24. The quantitative estimate of drug-likeness (QED) is 0.787. The molecular formula is C14H22N2O.